The Kier molecular flexibility index (Phi) is 7.62. The molecule has 1 unspecified atom stereocenters. The number of β-amino-alcohol motifs (C(OH)–C–C–N with tert-alkyl or cyclic N) is 1. The zero-order valence-electron chi connectivity index (χ0n) is 16.8. The molecule has 0 saturated carbocycles. The Labute approximate surface area is 166 Å². The van der Waals surface area contributed by atoms with Crippen molar-refractivity contribution < 1.29 is 18.6 Å². The van der Waals surface area contributed by atoms with Crippen molar-refractivity contribution in [3.8, 4) is 5.75 Å². The van der Waals surface area contributed by atoms with Crippen LogP contribution in [0.4, 0.5) is 8.78 Å². The van der Waals surface area contributed by atoms with E-state index in [-0.39, 0.29) is 19.4 Å². The smallest absolute Gasteiger partial charge is 0.250 e. The third-order valence-corrected chi connectivity index (χ3v) is 5.72. The van der Waals surface area contributed by atoms with E-state index in [0.29, 0.717) is 26.2 Å². The maximum Gasteiger partial charge on any atom is 0.250 e. The van der Waals surface area contributed by atoms with Crippen molar-refractivity contribution in [3.05, 3.63) is 29.8 Å². The molecule has 5 nitrogen and oxygen atoms in total. The van der Waals surface area contributed by atoms with Gasteiger partial charge in [-0.25, -0.2) is 8.78 Å². The number of benzene rings is 1. The number of likely N-dealkylation sites (N-methyl/N-ethyl adjacent to an activating group) is 1. The molecule has 2 heterocycles. The summed E-state index contributed by atoms with van der Waals surface area (Å²) in [6, 6.07) is 7.73. The average molecular weight is 398 g/mol. The van der Waals surface area contributed by atoms with Crippen molar-refractivity contribution in [2.75, 3.05) is 59.0 Å². The first kappa shape index (κ1) is 21.4. The molecule has 0 amide bonds. The largest absolute Gasteiger partial charge is 0.491 e. The number of hydrogen-bond donors (Lipinski definition) is 1. The number of halogens is 2. The molecule has 0 aromatic heterocycles. The monoisotopic (exact) mass is 397 g/mol. The second kappa shape index (κ2) is 9.96. The first-order chi connectivity index (χ1) is 13.4. The van der Waals surface area contributed by atoms with Gasteiger partial charge < -0.3 is 14.7 Å². The van der Waals surface area contributed by atoms with Gasteiger partial charge in [-0.2, -0.15) is 0 Å². The van der Waals surface area contributed by atoms with Crippen LogP contribution in [0.25, 0.3) is 0 Å². The van der Waals surface area contributed by atoms with Gasteiger partial charge in [-0.15, -0.1) is 0 Å². The van der Waals surface area contributed by atoms with E-state index in [0.717, 1.165) is 44.0 Å². The summed E-state index contributed by atoms with van der Waals surface area (Å²) in [5.74, 6) is -1.80. The number of hydrogen-bond acceptors (Lipinski definition) is 5. The summed E-state index contributed by atoms with van der Waals surface area (Å²) < 4.78 is 32.4. The van der Waals surface area contributed by atoms with Gasteiger partial charge in [0.25, 0.3) is 5.92 Å². The summed E-state index contributed by atoms with van der Waals surface area (Å²) in [5.41, 5.74) is 1.05. The number of aliphatic hydroxyl groups is 1. The van der Waals surface area contributed by atoms with Crippen molar-refractivity contribution in [3.63, 3.8) is 0 Å². The lowest BCUT2D eigenvalue weighted by Gasteiger charge is -2.34. The minimum absolute atomic E-state index is 0.0676. The lowest BCUT2D eigenvalue weighted by molar-refractivity contribution is -0.0566. The minimum atomic E-state index is -2.51. The fourth-order valence-corrected chi connectivity index (χ4v) is 3.86. The molecule has 0 radical (unpaired) electrons. The van der Waals surface area contributed by atoms with E-state index in [9.17, 15) is 13.9 Å². The summed E-state index contributed by atoms with van der Waals surface area (Å²) in [5, 5.41) is 10.3. The first-order valence-electron chi connectivity index (χ1n) is 10.4. The number of rotatable bonds is 8. The summed E-state index contributed by atoms with van der Waals surface area (Å²) in [4.78, 5) is 6.75. The quantitative estimate of drug-likeness (QED) is 0.729. The standard InChI is InChI=1S/C21H33F2N3O2/c1-2-24-10-12-26(13-11-24)16-19(27)17-28-20-5-3-4-18(14-20)15-25-8-6-21(22,23)7-9-25/h3-5,14,19,27H,2,6-13,15-17H2,1H3. The van der Waals surface area contributed by atoms with E-state index in [2.05, 4.69) is 21.6 Å². The van der Waals surface area contributed by atoms with Crippen LogP contribution in [-0.4, -0.2) is 90.8 Å². The van der Waals surface area contributed by atoms with Crippen LogP contribution in [0.2, 0.25) is 0 Å². The van der Waals surface area contributed by atoms with Gasteiger partial charge in [0.05, 0.1) is 0 Å². The maximum absolute atomic E-state index is 13.3. The SMILES string of the molecule is CCN1CCN(CC(O)COc2cccc(CN3CCC(F)(F)CC3)c2)CC1. The number of alkyl halides is 2. The highest BCUT2D eigenvalue weighted by Crippen LogP contribution is 2.28. The lowest BCUT2D eigenvalue weighted by Crippen LogP contribution is -2.49. The van der Waals surface area contributed by atoms with Gasteiger partial charge in [-0.05, 0) is 24.2 Å². The fraction of sp³-hybridized carbons (Fsp3) is 0.714. The number of nitrogens with zero attached hydrogens (tertiary/aromatic N) is 3. The van der Waals surface area contributed by atoms with Crippen molar-refractivity contribution in [1.82, 2.24) is 14.7 Å². The number of likely N-dealkylation sites (tertiary alicyclic amines) is 1. The number of piperidine rings is 1. The van der Waals surface area contributed by atoms with Crippen LogP contribution >= 0.6 is 0 Å². The number of ether oxygens (including phenoxy) is 1. The van der Waals surface area contributed by atoms with Crippen LogP contribution in [0.1, 0.15) is 25.3 Å². The summed E-state index contributed by atoms with van der Waals surface area (Å²) >= 11 is 0. The van der Waals surface area contributed by atoms with Gasteiger partial charge in [0.1, 0.15) is 18.5 Å². The zero-order chi connectivity index (χ0) is 20.0. The zero-order valence-corrected chi connectivity index (χ0v) is 16.8. The van der Waals surface area contributed by atoms with E-state index >= 15 is 0 Å². The summed E-state index contributed by atoms with van der Waals surface area (Å²) in [7, 11) is 0. The van der Waals surface area contributed by atoms with Crippen LogP contribution in [0.5, 0.6) is 5.75 Å². The molecular weight excluding hydrogens is 364 g/mol. The number of aliphatic hydroxyl groups excluding tert-OH is 1. The molecule has 1 aromatic carbocycles. The van der Waals surface area contributed by atoms with Crippen molar-refractivity contribution in [1.29, 1.82) is 0 Å². The van der Waals surface area contributed by atoms with Crippen molar-refractivity contribution in [2.45, 2.75) is 38.3 Å². The Morgan fingerprint density at radius 3 is 2.39 bits per heavy atom. The van der Waals surface area contributed by atoms with Crippen LogP contribution in [0.15, 0.2) is 24.3 Å². The highest BCUT2D eigenvalue weighted by Gasteiger charge is 2.33. The minimum Gasteiger partial charge on any atom is -0.491 e. The predicted molar refractivity (Wildman–Crippen MR) is 106 cm³/mol. The molecule has 1 atom stereocenters. The third kappa shape index (κ3) is 6.65. The van der Waals surface area contributed by atoms with Crippen LogP contribution in [0.3, 0.4) is 0 Å². The molecule has 0 bridgehead atoms. The van der Waals surface area contributed by atoms with E-state index in [1.165, 1.54) is 0 Å². The van der Waals surface area contributed by atoms with E-state index in [1.807, 2.05) is 24.3 Å². The van der Waals surface area contributed by atoms with Gasteiger partial charge in [-0.3, -0.25) is 9.80 Å². The Morgan fingerprint density at radius 2 is 1.71 bits per heavy atom. The van der Waals surface area contributed by atoms with Crippen LogP contribution in [0, 0.1) is 0 Å². The van der Waals surface area contributed by atoms with Gasteiger partial charge in [0, 0.05) is 65.2 Å². The molecule has 2 aliphatic heterocycles. The molecule has 2 aliphatic rings. The summed E-state index contributed by atoms with van der Waals surface area (Å²) in [6.45, 7) is 9.69. The second-order valence-corrected chi connectivity index (χ2v) is 7.98. The summed E-state index contributed by atoms with van der Waals surface area (Å²) in [6.07, 6.45) is -0.662. The molecule has 28 heavy (non-hydrogen) atoms. The van der Waals surface area contributed by atoms with Gasteiger partial charge in [0.15, 0.2) is 0 Å². The Hall–Kier alpha value is -1.28. The maximum atomic E-state index is 13.3. The van der Waals surface area contributed by atoms with E-state index in [1.54, 1.807) is 0 Å². The molecule has 1 aromatic rings. The van der Waals surface area contributed by atoms with Crippen LogP contribution < -0.4 is 4.74 Å². The van der Waals surface area contributed by atoms with Gasteiger partial charge >= 0.3 is 0 Å². The molecule has 158 valence electrons. The van der Waals surface area contributed by atoms with Crippen LogP contribution in [-0.2, 0) is 6.54 Å². The molecule has 7 heteroatoms. The molecule has 0 aliphatic carbocycles. The second-order valence-electron chi connectivity index (χ2n) is 7.98. The third-order valence-electron chi connectivity index (χ3n) is 5.72. The Morgan fingerprint density at radius 1 is 1.04 bits per heavy atom. The average Bonchev–Trinajstić information content (AvgIpc) is 2.69. The van der Waals surface area contributed by atoms with Crippen molar-refractivity contribution >= 4 is 0 Å². The van der Waals surface area contributed by atoms with E-state index in [4.69, 9.17) is 4.74 Å². The Balaban J connectivity index is 1.40. The fourth-order valence-electron chi connectivity index (χ4n) is 3.86. The Bertz CT molecular complexity index is 599. The van der Waals surface area contributed by atoms with Crippen molar-refractivity contribution in [2.24, 2.45) is 0 Å². The lowest BCUT2D eigenvalue weighted by atomic mass is 10.1. The molecule has 3 rings (SSSR count). The molecule has 0 spiro atoms. The first-order valence-corrected chi connectivity index (χ1v) is 10.4. The topological polar surface area (TPSA) is 39.2 Å². The highest BCUT2D eigenvalue weighted by molar-refractivity contribution is 5.28. The predicted octanol–water partition coefficient (Wildman–Crippen LogP) is 2.29. The van der Waals surface area contributed by atoms with Gasteiger partial charge in [-0.1, -0.05) is 19.1 Å². The molecule has 1 N–H and O–H groups in total. The highest BCUT2D eigenvalue weighted by atomic mass is 19.3. The van der Waals surface area contributed by atoms with E-state index < -0.39 is 12.0 Å². The molecule has 2 fully saturated rings. The molecule has 2 saturated heterocycles. The normalized spacial score (nSPS) is 22.9. The van der Waals surface area contributed by atoms with Gasteiger partial charge in [0.2, 0.25) is 0 Å². The number of piperazine rings is 1. The molecular formula is C21H33F2N3O2.